The normalized spacial score (nSPS) is 17.6. The van der Waals surface area contributed by atoms with Crippen LogP contribution in [0.25, 0.3) is 10.9 Å². The SMILES string of the molecule is Cc1cc(C#N)c2cc(C(N)N3CCOCC3)ccc2n1. The number of benzene rings is 1. The Hall–Kier alpha value is -2.00. The molecule has 108 valence electrons. The van der Waals surface area contributed by atoms with Crippen molar-refractivity contribution >= 4 is 10.9 Å². The number of ether oxygens (including phenoxy) is 1. The predicted octanol–water partition coefficient (Wildman–Crippen LogP) is 1.70. The molecule has 1 aliphatic heterocycles. The Morgan fingerprint density at radius 3 is 2.81 bits per heavy atom. The molecular formula is C16H18N4O. The average Bonchev–Trinajstić information content (AvgIpc) is 2.53. The molecule has 5 heteroatoms. The minimum absolute atomic E-state index is 0.175. The van der Waals surface area contributed by atoms with E-state index in [9.17, 15) is 5.26 Å². The second-order valence-corrected chi connectivity index (χ2v) is 5.29. The lowest BCUT2D eigenvalue weighted by molar-refractivity contribution is 0.0173. The first-order valence-corrected chi connectivity index (χ1v) is 7.08. The summed E-state index contributed by atoms with van der Waals surface area (Å²) in [6.45, 7) is 4.98. The molecular weight excluding hydrogens is 264 g/mol. The number of aromatic nitrogens is 1. The van der Waals surface area contributed by atoms with Crippen molar-refractivity contribution in [1.82, 2.24) is 9.88 Å². The quantitative estimate of drug-likeness (QED) is 0.907. The Bertz CT molecular complexity index is 701. The number of fused-ring (bicyclic) bond motifs is 1. The predicted molar refractivity (Wildman–Crippen MR) is 80.5 cm³/mol. The van der Waals surface area contributed by atoms with Crippen LogP contribution in [0.2, 0.25) is 0 Å². The fraction of sp³-hybridized carbons (Fsp3) is 0.375. The van der Waals surface area contributed by atoms with Crippen molar-refractivity contribution in [2.24, 2.45) is 5.73 Å². The van der Waals surface area contributed by atoms with Gasteiger partial charge in [-0.3, -0.25) is 9.88 Å². The van der Waals surface area contributed by atoms with E-state index in [0.29, 0.717) is 18.8 Å². The zero-order valence-electron chi connectivity index (χ0n) is 12.0. The molecule has 1 aromatic heterocycles. The highest BCUT2D eigenvalue weighted by Crippen LogP contribution is 2.24. The first kappa shape index (κ1) is 14.0. The maximum absolute atomic E-state index is 9.30. The largest absolute Gasteiger partial charge is 0.379 e. The summed E-state index contributed by atoms with van der Waals surface area (Å²) in [5.74, 6) is 0. The Morgan fingerprint density at radius 1 is 1.33 bits per heavy atom. The molecule has 5 nitrogen and oxygen atoms in total. The van der Waals surface area contributed by atoms with E-state index < -0.39 is 0 Å². The Morgan fingerprint density at radius 2 is 2.10 bits per heavy atom. The topological polar surface area (TPSA) is 75.2 Å². The molecule has 2 N–H and O–H groups in total. The fourth-order valence-corrected chi connectivity index (χ4v) is 2.72. The van der Waals surface area contributed by atoms with Crippen molar-refractivity contribution in [3.63, 3.8) is 0 Å². The summed E-state index contributed by atoms with van der Waals surface area (Å²) in [6.07, 6.45) is -0.175. The number of rotatable bonds is 2. The summed E-state index contributed by atoms with van der Waals surface area (Å²) < 4.78 is 5.36. The Kier molecular flexibility index (Phi) is 3.84. The van der Waals surface area contributed by atoms with Gasteiger partial charge in [-0.05, 0) is 30.7 Å². The molecule has 0 radical (unpaired) electrons. The molecule has 0 spiro atoms. The molecule has 1 unspecified atom stereocenters. The Balaban J connectivity index is 2.00. The summed E-state index contributed by atoms with van der Waals surface area (Å²) in [5.41, 5.74) is 9.69. The summed E-state index contributed by atoms with van der Waals surface area (Å²) in [7, 11) is 0. The van der Waals surface area contributed by atoms with Crippen molar-refractivity contribution < 1.29 is 4.74 Å². The van der Waals surface area contributed by atoms with E-state index in [1.807, 2.05) is 31.2 Å². The standard InChI is InChI=1S/C16H18N4O/c1-11-8-13(10-17)14-9-12(2-3-15(14)19-11)16(18)20-4-6-21-7-5-20/h2-3,8-9,16H,4-7,18H2,1H3. The lowest BCUT2D eigenvalue weighted by Crippen LogP contribution is -2.42. The number of nitrogens with zero attached hydrogens (tertiary/aromatic N) is 3. The summed E-state index contributed by atoms with van der Waals surface area (Å²) >= 11 is 0. The third-order valence-corrected chi connectivity index (χ3v) is 3.86. The summed E-state index contributed by atoms with van der Waals surface area (Å²) in [4.78, 5) is 6.66. The van der Waals surface area contributed by atoms with Crippen LogP contribution in [-0.2, 0) is 4.74 Å². The van der Waals surface area contributed by atoms with E-state index in [0.717, 1.165) is 35.2 Å². The first-order valence-electron chi connectivity index (χ1n) is 7.08. The van der Waals surface area contributed by atoms with Gasteiger partial charge in [-0.25, -0.2) is 0 Å². The van der Waals surface area contributed by atoms with Gasteiger partial charge in [0.15, 0.2) is 0 Å². The van der Waals surface area contributed by atoms with E-state index >= 15 is 0 Å². The first-order chi connectivity index (χ1) is 10.2. The summed E-state index contributed by atoms with van der Waals surface area (Å²) in [6, 6.07) is 9.98. The highest BCUT2D eigenvalue weighted by atomic mass is 16.5. The molecule has 0 bridgehead atoms. The van der Waals surface area contributed by atoms with E-state index in [1.54, 1.807) is 0 Å². The van der Waals surface area contributed by atoms with Crippen LogP contribution in [-0.4, -0.2) is 36.2 Å². The van der Waals surface area contributed by atoms with Crippen LogP contribution >= 0.6 is 0 Å². The lowest BCUT2D eigenvalue weighted by Gasteiger charge is -2.32. The maximum Gasteiger partial charge on any atom is 0.0999 e. The second-order valence-electron chi connectivity index (χ2n) is 5.29. The molecule has 1 atom stereocenters. The average molecular weight is 282 g/mol. The minimum atomic E-state index is -0.175. The molecule has 0 saturated carbocycles. The molecule has 1 aliphatic rings. The molecule has 1 fully saturated rings. The van der Waals surface area contributed by atoms with Crippen LogP contribution in [0, 0.1) is 18.3 Å². The van der Waals surface area contributed by atoms with Crippen LogP contribution in [0.5, 0.6) is 0 Å². The van der Waals surface area contributed by atoms with E-state index in [2.05, 4.69) is 16.0 Å². The van der Waals surface area contributed by atoms with E-state index in [1.165, 1.54) is 0 Å². The number of nitriles is 1. The number of aryl methyl sites for hydroxylation is 1. The zero-order valence-corrected chi connectivity index (χ0v) is 12.0. The van der Waals surface area contributed by atoms with Gasteiger partial charge in [-0.2, -0.15) is 5.26 Å². The molecule has 2 heterocycles. The van der Waals surface area contributed by atoms with Gasteiger partial charge in [0.1, 0.15) is 0 Å². The van der Waals surface area contributed by atoms with Crippen LogP contribution in [0.1, 0.15) is 23.0 Å². The number of pyridine rings is 1. The molecule has 1 saturated heterocycles. The van der Waals surface area contributed by atoms with Gasteiger partial charge in [0.2, 0.25) is 0 Å². The molecule has 3 rings (SSSR count). The van der Waals surface area contributed by atoms with Crippen LogP contribution in [0.15, 0.2) is 24.3 Å². The van der Waals surface area contributed by atoms with Gasteiger partial charge < -0.3 is 10.5 Å². The van der Waals surface area contributed by atoms with Gasteiger partial charge in [-0.1, -0.05) is 6.07 Å². The highest BCUT2D eigenvalue weighted by molar-refractivity contribution is 5.85. The summed E-state index contributed by atoms with van der Waals surface area (Å²) in [5, 5.41) is 10.2. The van der Waals surface area contributed by atoms with Gasteiger partial charge in [0.05, 0.1) is 36.5 Å². The van der Waals surface area contributed by atoms with Crippen LogP contribution in [0.4, 0.5) is 0 Å². The van der Waals surface area contributed by atoms with Crippen molar-refractivity contribution in [2.45, 2.75) is 13.1 Å². The number of nitrogens with two attached hydrogens (primary N) is 1. The molecule has 0 aliphatic carbocycles. The number of morpholine rings is 1. The van der Waals surface area contributed by atoms with Crippen molar-refractivity contribution in [1.29, 1.82) is 5.26 Å². The molecule has 0 amide bonds. The van der Waals surface area contributed by atoms with Crippen LogP contribution in [0.3, 0.4) is 0 Å². The van der Waals surface area contributed by atoms with Crippen molar-refractivity contribution in [3.8, 4) is 6.07 Å². The van der Waals surface area contributed by atoms with Gasteiger partial charge in [-0.15, -0.1) is 0 Å². The third-order valence-electron chi connectivity index (χ3n) is 3.86. The maximum atomic E-state index is 9.30. The number of hydrogen-bond donors (Lipinski definition) is 1. The minimum Gasteiger partial charge on any atom is -0.379 e. The van der Waals surface area contributed by atoms with Gasteiger partial charge in [0.25, 0.3) is 0 Å². The van der Waals surface area contributed by atoms with Gasteiger partial charge >= 0.3 is 0 Å². The lowest BCUT2D eigenvalue weighted by atomic mass is 10.0. The van der Waals surface area contributed by atoms with Crippen LogP contribution < -0.4 is 5.73 Å². The third kappa shape index (κ3) is 2.74. The molecule has 21 heavy (non-hydrogen) atoms. The molecule has 1 aromatic carbocycles. The fourth-order valence-electron chi connectivity index (χ4n) is 2.72. The second kappa shape index (κ2) is 5.78. The van der Waals surface area contributed by atoms with E-state index in [4.69, 9.17) is 10.5 Å². The smallest absolute Gasteiger partial charge is 0.0999 e. The van der Waals surface area contributed by atoms with Gasteiger partial charge in [0, 0.05) is 24.2 Å². The zero-order chi connectivity index (χ0) is 14.8. The highest BCUT2D eigenvalue weighted by Gasteiger charge is 2.19. The monoisotopic (exact) mass is 282 g/mol. The number of hydrogen-bond acceptors (Lipinski definition) is 5. The van der Waals surface area contributed by atoms with Crippen molar-refractivity contribution in [2.75, 3.05) is 26.3 Å². The Labute approximate surface area is 123 Å². The molecule has 2 aromatic rings. The van der Waals surface area contributed by atoms with E-state index in [-0.39, 0.29) is 6.17 Å². The van der Waals surface area contributed by atoms with Crippen molar-refractivity contribution in [3.05, 3.63) is 41.1 Å².